The van der Waals surface area contributed by atoms with Gasteiger partial charge in [-0.1, -0.05) is 78.1 Å². The van der Waals surface area contributed by atoms with Crippen LogP contribution in [0.4, 0.5) is 0 Å². The van der Waals surface area contributed by atoms with Crippen LogP contribution in [-0.2, 0) is 9.53 Å². The Morgan fingerprint density at radius 3 is 1.83 bits per heavy atom. The fraction of sp³-hybridized carbons (Fsp3) is 0.947. The van der Waals surface area contributed by atoms with E-state index in [-0.39, 0.29) is 19.2 Å². The topological polar surface area (TPSA) is 66.8 Å². The van der Waals surface area contributed by atoms with Gasteiger partial charge in [0.25, 0.3) is 0 Å². The van der Waals surface area contributed by atoms with E-state index in [1.54, 1.807) is 0 Å². The molecule has 0 fully saturated rings. The minimum atomic E-state index is -0.954. The van der Waals surface area contributed by atoms with Gasteiger partial charge < -0.3 is 14.9 Å². The maximum Gasteiger partial charge on any atom is 0.305 e. The van der Waals surface area contributed by atoms with Crippen LogP contribution < -0.4 is 0 Å². The molecule has 2 N–H and O–H groups in total. The summed E-state index contributed by atoms with van der Waals surface area (Å²) in [6.07, 6.45) is 13.3. The van der Waals surface area contributed by atoms with Crippen molar-refractivity contribution < 1.29 is 19.7 Å². The van der Waals surface area contributed by atoms with Gasteiger partial charge in [-0.05, 0) is 12.3 Å². The number of esters is 1. The van der Waals surface area contributed by atoms with Crippen molar-refractivity contribution in [1.29, 1.82) is 0 Å². The van der Waals surface area contributed by atoms with Gasteiger partial charge >= 0.3 is 5.97 Å². The number of rotatable bonds is 16. The van der Waals surface area contributed by atoms with E-state index in [4.69, 9.17) is 14.9 Å². The van der Waals surface area contributed by atoms with Gasteiger partial charge in [0.15, 0.2) is 0 Å². The standard InChI is InChI=1S/C19H38O4/c1-17(2)13-11-9-7-5-3-4-6-8-10-12-14-19(22)23-16-18(21)15-20/h17-18,20-21H,3-16H2,1-2H3/t18-/m1/s1. The molecular weight excluding hydrogens is 292 g/mol. The number of carbonyl (C=O) groups is 1. The van der Waals surface area contributed by atoms with Gasteiger partial charge in [-0.25, -0.2) is 0 Å². The molecule has 0 saturated heterocycles. The molecule has 0 radical (unpaired) electrons. The van der Waals surface area contributed by atoms with E-state index in [0.717, 1.165) is 18.8 Å². The Balaban J connectivity index is 3.17. The molecular formula is C19H38O4. The molecule has 0 bridgehead atoms. The minimum Gasteiger partial charge on any atom is -0.463 e. The number of hydrogen-bond donors (Lipinski definition) is 2. The average Bonchev–Trinajstić information content (AvgIpc) is 2.53. The fourth-order valence-electron chi connectivity index (χ4n) is 2.55. The Hall–Kier alpha value is -0.610. The molecule has 0 saturated carbocycles. The predicted molar refractivity (Wildman–Crippen MR) is 94.3 cm³/mol. The SMILES string of the molecule is CC(C)CCCCCCCCCCCCC(=O)OC[C@H](O)CO. The first-order valence-electron chi connectivity index (χ1n) is 9.50. The smallest absolute Gasteiger partial charge is 0.305 e. The summed E-state index contributed by atoms with van der Waals surface area (Å²) in [4.78, 5) is 11.4. The van der Waals surface area contributed by atoms with Crippen molar-refractivity contribution in [3.8, 4) is 0 Å². The van der Waals surface area contributed by atoms with Gasteiger partial charge in [0.1, 0.15) is 12.7 Å². The highest BCUT2D eigenvalue weighted by Crippen LogP contribution is 2.13. The zero-order valence-electron chi connectivity index (χ0n) is 15.3. The molecule has 0 aromatic rings. The zero-order valence-corrected chi connectivity index (χ0v) is 15.3. The molecule has 0 unspecified atom stereocenters. The van der Waals surface area contributed by atoms with E-state index < -0.39 is 6.10 Å². The number of aliphatic hydroxyl groups is 2. The highest BCUT2D eigenvalue weighted by Gasteiger charge is 2.07. The lowest BCUT2D eigenvalue weighted by atomic mass is 10.0. The summed E-state index contributed by atoms with van der Waals surface area (Å²) in [6, 6.07) is 0. The summed E-state index contributed by atoms with van der Waals surface area (Å²) in [5.41, 5.74) is 0. The Labute approximate surface area is 142 Å². The van der Waals surface area contributed by atoms with Crippen LogP contribution in [0.25, 0.3) is 0 Å². The van der Waals surface area contributed by atoms with E-state index in [1.807, 2.05) is 0 Å². The van der Waals surface area contributed by atoms with Gasteiger partial charge in [0.2, 0.25) is 0 Å². The Morgan fingerprint density at radius 2 is 1.35 bits per heavy atom. The highest BCUT2D eigenvalue weighted by molar-refractivity contribution is 5.69. The molecule has 0 aliphatic rings. The Morgan fingerprint density at radius 1 is 0.870 bits per heavy atom. The van der Waals surface area contributed by atoms with Crippen molar-refractivity contribution in [3.63, 3.8) is 0 Å². The lowest BCUT2D eigenvalue weighted by molar-refractivity contribution is -0.147. The van der Waals surface area contributed by atoms with Crippen molar-refractivity contribution in [2.45, 2.75) is 97.0 Å². The molecule has 0 rings (SSSR count). The van der Waals surface area contributed by atoms with Crippen molar-refractivity contribution in [3.05, 3.63) is 0 Å². The minimum absolute atomic E-state index is 0.105. The van der Waals surface area contributed by atoms with E-state index in [9.17, 15) is 4.79 Å². The molecule has 0 amide bonds. The van der Waals surface area contributed by atoms with Crippen LogP contribution >= 0.6 is 0 Å². The summed E-state index contributed by atoms with van der Waals surface area (Å²) in [5.74, 6) is 0.561. The molecule has 0 aromatic carbocycles. The largest absolute Gasteiger partial charge is 0.463 e. The molecule has 0 spiro atoms. The monoisotopic (exact) mass is 330 g/mol. The third-order valence-electron chi connectivity index (χ3n) is 4.06. The summed E-state index contributed by atoms with van der Waals surface area (Å²) < 4.78 is 4.85. The van der Waals surface area contributed by atoms with Crippen LogP contribution in [0.1, 0.15) is 90.9 Å². The lowest BCUT2D eigenvalue weighted by Crippen LogP contribution is -2.21. The van der Waals surface area contributed by atoms with E-state index in [1.165, 1.54) is 57.8 Å². The average molecular weight is 331 g/mol. The van der Waals surface area contributed by atoms with Crippen LogP contribution in [0.5, 0.6) is 0 Å². The predicted octanol–water partition coefficient (Wildman–Crippen LogP) is 4.22. The van der Waals surface area contributed by atoms with Gasteiger partial charge in [-0.3, -0.25) is 4.79 Å². The number of carbonyl (C=O) groups excluding carboxylic acids is 1. The first-order chi connectivity index (χ1) is 11.1. The molecule has 4 heteroatoms. The second kappa shape index (κ2) is 16.3. The van der Waals surface area contributed by atoms with Crippen LogP contribution in [0.2, 0.25) is 0 Å². The number of ether oxygens (including phenoxy) is 1. The van der Waals surface area contributed by atoms with Gasteiger partial charge in [0, 0.05) is 6.42 Å². The van der Waals surface area contributed by atoms with Crippen LogP contribution in [0.15, 0.2) is 0 Å². The molecule has 0 aliphatic heterocycles. The maximum atomic E-state index is 11.4. The molecule has 1 atom stereocenters. The number of unbranched alkanes of at least 4 members (excludes halogenated alkanes) is 9. The molecule has 23 heavy (non-hydrogen) atoms. The first-order valence-corrected chi connectivity index (χ1v) is 9.50. The van der Waals surface area contributed by atoms with E-state index >= 15 is 0 Å². The molecule has 0 heterocycles. The maximum absolute atomic E-state index is 11.4. The summed E-state index contributed by atoms with van der Waals surface area (Å²) in [6.45, 7) is 4.11. The van der Waals surface area contributed by atoms with Gasteiger partial charge in [-0.15, -0.1) is 0 Å². The quantitative estimate of drug-likeness (QED) is 0.328. The summed E-state index contributed by atoms with van der Waals surface area (Å²) in [5, 5.41) is 17.7. The third kappa shape index (κ3) is 17.6. The van der Waals surface area contributed by atoms with Crippen LogP contribution in [0, 0.1) is 5.92 Å². The molecule has 138 valence electrons. The highest BCUT2D eigenvalue weighted by atomic mass is 16.5. The van der Waals surface area contributed by atoms with Crippen molar-refractivity contribution in [1.82, 2.24) is 0 Å². The van der Waals surface area contributed by atoms with Crippen molar-refractivity contribution in [2.24, 2.45) is 5.92 Å². The van der Waals surface area contributed by atoms with Crippen molar-refractivity contribution in [2.75, 3.05) is 13.2 Å². The fourth-order valence-corrected chi connectivity index (χ4v) is 2.55. The first kappa shape index (κ1) is 22.4. The van der Waals surface area contributed by atoms with Gasteiger partial charge in [-0.2, -0.15) is 0 Å². The van der Waals surface area contributed by atoms with E-state index in [0.29, 0.717) is 6.42 Å². The molecule has 0 aromatic heterocycles. The second-order valence-corrected chi connectivity index (χ2v) is 6.99. The van der Waals surface area contributed by atoms with Crippen molar-refractivity contribution >= 4 is 5.97 Å². The lowest BCUT2D eigenvalue weighted by Gasteiger charge is -2.08. The Kier molecular flexibility index (Phi) is 15.8. The molecule has 4 nitrogen and oxygen atoms in total. The third-order valence-corrected chi connectivity index (χ3v) is 4.06. The normalized spacial score (nSPS) is 12.6. The summed E-state index contributed by atoms with van der Waals surface area (Å²) >= 11 is 0. The zero-order chi connectivity index (χ0) is 17.3. The number of aliphatic hydroxyl groups excluding tert-OH is 2. The summed E-state index contributed by atoms with van der Waals surface area (Å²) in [7, 11) is 0. The van der Waals surface area contributed by atoms with Gasteiger partial charge in [0.05, 0.1) is 6.61 Å². The second-order valence-electron chi connectivity index (χ2n) is 6.99. The van der Waals surface area contributed by atoms with Crippen LogP contribution in [-0.4, -0.2) is 35.5 Å². The number of hydrogen-bond acceptors (Lipinski definition) is 4. The van der Waals surface area contributed by atoms with E-state index in [2.05, 4.69) is 13.8 Å². The molecule has 0 aliphatic carbocycles. The van der Waals surface area contributed by atoms with Crippen LogP contribution in [0.3, 0.4) is 0 Å². The Bertz CT molecular complexity index is 266.